The summed E-state index contributed by atoms with van der Waals surface area (Å²) in [6.45, 7) is 1.36. The van der Waals surface area contributed by atoms with Crippen LogP contribution in [0.4, 0.5) is 0 Å². The summed E-state index contributed by atoms with van der Waals surface area (Å²) in [4.78, 5) is 0. The second kappa shape index (κ2) is 6.54. The number of hydrogen-bond donors (Lipinski definition) is 3. The smallest absolute Gasteiger partial charge is 0.0783 e. The maximum atomic E-state index is 9.07. The van der Waals surface area contributed by atoms with Gasteiger partial charge in [-0.05, 0) is 18.5 Å². The first kappa shape index (κ1) is 11.2. The quantitative estimate of drug-likeness (QED) is 0.580. The Balaban J connectivity index is 2.10. The molecule has 0 bridgehead atoms. The average Bonchev–Trinajstić information content (AvgIpc) is 2.25. The third-order valence-corrected chi connectivity index (χ3v) is 2.04. The SMILES string of the molecule is OCC(O)CCNCc1ccccc1. The summed E-state index contributed by atoms with van der Waals surface area (Å²) in [6.07, 6.45) is -0.0122. The van der Waals surface area contributed by atoms with Gasteiger partial charge < -0.3 is 15.5 Å². The fourth-order valence-corrected chi connectivity index (χ4v) is 1.19. The highest BCUT2D eigenvalue weighted by atomic mass is 16.3. The van der Waals surface area contributed by atoms with Gasteiger partial charge in [0.15, 0.2) is 0 Å². The molecule has 0 saturated carbocycles. The summed E-state index contributed by atoms with van der Waals surface area (Å²) in [6, 6.07) is 10.1. The van der Waals surface area contributed by atoms with Gasteiger partial charge in [-0.2, -0.15) is 0 Å². The van der Waals surface area contributed by atoms with Crippen LogP contribution in [0.1, 0.15) is 12.0 Å². The van der Waals surface area contributed by atoms with Crippen molar-refractivity contribution >= 4 is 0 Å². The first-order valence-electron chi connectivity index (χ1n) is 4.86. The number of aliphatic hydroxyl groups is 2. The van der Waals surface area contributed by atoms with Crippen LogP contribution in [-0.4, -0.2) is 29.5 Å². The average molecular weight is 195 g/mol. The second-order valence-corrected chi connectivity index (χ2v) is 3.29. The van der Waals surface area contributed by atoms with Crippen molar-refractivity contribution in [2.45, 2.75) is 19.1 Å². The lowest BCUT2D eigenvalue weighted by Gasteiger charge is -2.07. The summed E-state index contributed by atoms with van der Waals surface area (Å²) >= 11 is 0. The minimum Gasteiger partial charge on any atom is -0.394 e. The fraction of sp³-hybridized carbons (Fsp3) is 0.455. The van der Waals surface area contributed by atoms with E-state index >= 15 is 0 Å². The number of benzene rings is 1. The van der Waals surface area contributed by atoms with Crippen LogP contribution >= 0.6 is 0 Å². The molecule has 3 N–H and O–H groups in total. The Morgan fingerprint density at radius 1 is 1.21 bits per heavy atom. The minimum absolute atomic E-state index is 0.160. The molecule has 0 radical (unpaired) electrons. The molecule has 0 spiro atoms. The van der Waals surface area contributed by atoms with Crippen LogP contribution in [0.5, 0.6) is 0 Å². The zero-order valence-corrected chi connectivity index (χ0v) is 8.19. The Morgan fingerprint density at radius 2 is 1.93 bits per heavy atom. The van der Waals surface area contributed by atoms with E-state index in [1.165, 1.54) is 5.56 Å². The molecule has 0 fully saturated rings. The van der Waals surface area contributed by atoms with Crippen molar-refractivity contribution in [3.05, 3.63) is 35.9 Å². The van der Waals surface area contributed by atoms with Crippen molar-refractivity contribution in [1.29, 1.82) is 0 Å². The maximum Gasteiger partial charge on any atom is 0.0783 e. The molecule has 14 heavy (non-hydrogen) atoms. The molecule has 1 atom stereocenters. The van der Waals surface area contributed by atoms with Crippen molar-refractivity contribution < 1.29 is 10.2 Å². The molecular weight excluding hydrogens is 178 g/mol. The highest BCUT2D eigenvalue weighted by Gasteiger charge is 1.99. The largest absolute Gasteiger partial charge is 0.394 e. The molecule has 0 heterocycles. The number of nitrogens with one attached hydrogen (secondary N) is 1. The predicted octanol–water partition coefficient (Wildman–Crippen LogP) is 0.519. The van der Waals surface area contributed by atoms with Crippen molar-refractivity contribution in [3.63, 3.8) is 0 Å². The Labute approximate surface area is 84.4 Å². The van der Waals surface area contributed by atoms with Gasteiger partial charge in [0.25, 0.3) is 0 Å². The standard InChI is InChI=1S/C11H17NO2/c13-9-11(14)6-7-12-8-10-4-2-1-3-5-10/h1-5,11-14H,6-9H2. The zero-order chi connectivity index (χ0) is 10.2. The molecular formula is C11H17NO2. The van der Waals surface area contributed by atoms with Gasteiger partial charge in [0.05, 0.1) is 12.7 Å². The van der Waals surface area contributed by atoms with Gasteiger partial charge in [-0.3, -0.25) is 0 Å². The normalized spacial score (nSPS) is 12.7. The van der Waals surface area contributed by atoms with E-state index in [4.69, 9.17) is 10.2 Å². The Hall–Kier alpha value is -0.900. The van der Waals surface area contributed by atoms with Crippen LogP contribution in [-0.2, 0) is 6.54 Å². The van der Waals surface area contributed by atoms with Crippen molar-refractivity contribution in [3.8, 4) is 0 Å². The number of aliphatic hydroxyl groups excluding tert-OH is 2. The van der Waals surface area contributed by atoms with Gasteiger partial charge in [0.1, 0.15) is 0 Å². The minimum atomic E-state index is -0.599. The van der Waals surface area contributed by atoms with Crippen molar-refractivity contribution in [1.82, 2.24) is 5.32 Å². The lowest BCUT2D eigenvalue weighted by atomic mass is 10.2. The van der Waals surface area contributed by atoms with E-state index in [1.807, 2.05) is 18.2 Å². The molecule has 0 saturated heterocycles. The fourth-order valence-electron chi connectivity index (χ4n) is 1.19. The molecule has 1 aromatic rings. The van der Waals surface area contributed by atoms with Crippen LogP contribution < -0.4 is 5.32 Å². The first-order valence-corrected chi connectivity index (χ1v) is 4.86. The van der Waals surface area contributed by atoms with Crippen LogP contribution in [0.25, 0.3) is 0 Å². The van der Waals surface area contributed by atoms with Crippen LogP contribution in [0, 0.1) is 0 Å². The molecule has 1 aromatic carbocycles. The van der Waals surface area contributed by atoms with Gasteiger partial charge >= 0.3 is 0 Å². The van der Waals surface area contributed by atoms with Gasteiger partial charge in [-0.1, -0.05) is 30.3 Å². The molecule has 0 amide bonds. The van der Waals surface area contributed by atoms with Crippen molar-refractivity contribution in [2.24, 2.45) is 0 Å². The molecule has 0 aliphatic heterocycles. The van der Waals surface area contributed by atoms with Gasteiger partial charge in [-0.25, -0.2) is 0 Å². The number of rotatable bonds is 6. The van der Waals surface area contributed by atoms with E-state index < -0.39 is 6.10 Å². The Kier molecular flexibility index (Phi) is 5.22. The van der Waals surface area contributed by atoms with E-state index in [-0.39, 0.29) is 6.61 Å². The molecule has 1 unspecified atom stereocenters. The summed E-state index contributed by atoms with van der Waals surface area (Å²) in [5.41, 5.74) is 1.23. The van der Waals surface area contributed by atoms with E-state index in [9.17, 15) is 0 Å². The lowest BCUT2D eigenvalue weighted by molar-refractivity contribution is 0.0883. The summed E-state index contributed by atoms with van der Waals surface area (Å²) in [7, 11) is 0. The lowest BCUT2D eigenvalue weighted by Crippen LogP contribution is -2.22. The van der Waals surface area contributed by atoms with E-state index in [0.29, 0.717) is 6.42 Å². The molecule has 3 heteroatoms. The summed E-state index contributed by atoms with van der Waals surface area (Å²) in [5, 5.41) is 20.8. The van der Waals surface area contributed by atoms with Crippen LogP contribution in [0.2, 0.25) is 0 Å². The third kappa shape index (κ3) is 4.37. The van der Waals surface area contributed by atoms with Crippen LogP contribution in [0.3, 0.4) is 0 Å². The van der Waals surface area contributed by atoms with Gasteiger partial charge in [0.2, 0.25) is 0 Å². The Morgan fingerprint density at radius 3 is 2.57 bits per heavy atom. The molecule has 1 rings (SSSR count). The zero-order valence-electron chi connectivity index (χ0n) is 8.19. The maximum absolute atomic E-state index is 9.07. The monoisotopic (exact) mass is 195 g/mol. The molecule has 0 aliphatic rings. The molecule has 0 aliphatic carbocycles. The van der Waals surface area contributed by atoms with Crippen LogP contribution in [0.15, 0.2) is 30.3 Å². The molecule has 78 valence electrons. The van der Waals surface area contributed by atoms with E-state index in [2.05, 4.69) is 17.4 Å². The van der Waals surface area contributed by atoms with E-state index in [1.54, 1.807) is 0 Å². The topological polar surface area (TPSA) is 52.5 Å². The predicted molar refractivity (Wildman–Crippen MR) is 55.9 cm³/mol. The molecule has 3 nitrogen and oxygen atoms in total. The highest BCUT2D eigenvalue weighted by molar-refractivity contribution is 5.14. The van der Waals surface area contributed by atoms with E-state index in [0.717, 1.165) is 13.1 Å². The van der Waals surface area contributed by atoms with Crippen molar-refractivity contribution in [2.75, 3.05) is 13.2 Å². The highest BCUT2D eigenvalue weighted by Crippen LogP contribution is 1.97. The Bertz CT molecular complexity index is 238. The third-order valence-electron chi connectivity index (χ3n) is 2.04. The second-order valence-electron chi connectivity index (χ2n) is 3.29. The number of hydrogen-bond acceptors (Lipinski definition) is 3. The molecule has 0 aromatic heterocycles. The van der Waals surface area contributed by atoms with Gasteiger partial charge in [-0.15, -0.1) is 0 Å². The summed E-state index contributed by atoms with van der Waals surface area (Å²) in [5.74, 6) is 0. The summed E-state index contributed by atoms with van der Waals surface area (Å²) < 4.78 is 0. The first-order chi connectivity index (χ1) is 6.83. The van der Waals surface area contributed by atoms with Gasteiger partial charge in [0, 0.05) is 6.54 Å².